The number of nitrogens with two attached hydrogens (primary N) is 1. The summed E-state index contributed by atoms with van der Waals surface area (Å²) in [6.07, 6.45) is 4.03. The first-order valence-electron chi connectivity index (χ1n) is 10.4. The Bertz CT molecular complexity index is 1160. The number of hydrogen-bond donors (Lipinski definition) is 1. The fourth-order valence-electron chi connectivity index (χ4n) is 4.12. The second-order valence-electron chi connectivity index (χ2n) is 8.64. The van der Waals surface area contributed by atoms with E-state index in [2.05, 4.69) is 16.0 Å². The van der Waals surface area contributed by atoms with E-state index in [0.29, 0.717) is 18.6 Å². The largest absolute Gasteiger partial charge is 0.458 e. The molecule has 2 N–H and O–H groups in total. The van der Waals surface area contributed by atoms with Gasteiger partial charge in [0.15, 0.2) is 0 Å². The van der Waals surface area contributed by atoms with Crippen molar-refractivity contribution in [1.29, 1.82) is 0 Å². The summed E-state index contributed by atoms with van der Waals surface area (Å²) in [7, 11) is 1.64. The van der Waals surface area contributed by atoms with E-state index < -0.39 is 5.54 Å². The van der Waals surface area contributed by atoms with Gasteiger partial charge in [-0.25, -0.2) is 4.79 Å². The topological polar surface area (TPSA) is 100 Å². The number of methoxy groups -OCH3 is 1. The third-order valence-electron chi connectivity index (χ3n) is 6.08. The summed E-state index contributed by atoms with van der Waals surface area (Å²) in [5.41, 5.74) is 10.8. The summed E-state index contributed by atoms with van der Waals surface area (Å²) >= 11 is 0. The van der Waals surface area contributed by atoms with Gasteiger partial charge in [-0.15, -0.1) is 0 Å². The number of carbonyl (C=O) groups excluding carboxylic acids is 1. The third kappa shape index (κ3) is 3.91. The Morgan fingerprint density at radius 3 is 2.68 bits per heavy atom. The Morgan fingerprint density at radius 1 is 1.16 bits per heavy atom. The zero-order chi connectivity index (χ0) is 22.3. The van der Waals surface area contributed by atoms with Crippen molar-refractivity contribution in [2.24, 2.45) is 5.73 Å². The molecule has 0 saturated heterocycles. The molecule has 4 heterocycles. The van der Waals surface area contributed by atoms with Gasteiger partial charge in [-0.1, -0.05) is 6.92 Å². The first kappa shape index (κ1) is 21.3. The minimum atomic E-state index is -0.678. The average Bonchev–Trinajstić information content (AvgIpc) is 2.72. The van der Waals surface area contributed by atoms with E-state index in [1.165, 1.54) is 0 Å². The summed E-state index contributed by atoms with van der Waals surface area (Å²) in [6.45, 7) is 8.20. The highest BCUT2D eigenvalue weighted by atomic mass is 16.5. The molecular weight excluding hydrogens is 392 g/mol. The van der Waals surface area contributed by atoms with Crippen molar-refractivity contribution >= 4 is 16.7 Å². The molecule has 0 saturated carbocycles. The molecule has 0 amide bonds. The summed E-state index contributed by atoms with van der Waals surface area (Å²) in [4.78, 5) is 26.1. The van der Waals surface area contributed by atoms with E-state index in [4.69, 9.17) is 20.2 Å². The van der Waals surface area contributed by atoms with Gasteiger partial charge in [0.2, 0.25) is 0 Å². The second-order valence-corrected chi connectivity index (χ2v) is 8.64. The molecule has 0 aromatic carbocycles. The molecule has 7 heteroatoms. The lowest BCUT2D eigenvalue weighted by atomic mass is 9.90. The van der Waals surface area contributed by atoms with Crippen molar-refractivity contribution in [3.8, 4) is 0 Å². The minimum Gasteiger partial charge on any atom is -0.458 e. The van der Waals surface area contributed by atoms with E-state index in [1.807, 2.05) is 46.2 Å². The Balaban J connectivity index is 1.74. The number of pyridine rings is 3. The van der Waals surface area contributed by atoms with Crippen LogP contribution in [0.2, 0.25) is 0 Å². The number of aromatic nitrogens is 3. The van der Waals surface area contributed by atoms with Crippen molar-refractivity contribution in [1.82, 2.24) is 15.0 Å². The number of carbonyl (C=O) groups is 1. The highest BCUT2D eigenvalue weighted by Crippen LogP contribution is 2.31. The number of aryl methyl sites for hydroxylation is 1. The average molecular weight is 421 g/mol. The van der Waals surface area contributed by atoms with Crippen LogP contribution in [-0.4, -0.2) is 40.7 Å². The Labute approximate surface area is 182 Å². The zero-order valence-electron chi connectivity index (χ0n) is 18.6. The highest BCUT2D eigenvalue weighted by molar-refractivity contribution is 5.92. The van der Waals surface area contributed by atoms with Crippen molar-refractivity contribution in [2.45, 2.75) is 51.7 Å². The lowest BCUT2D eigenvalue weighted by Crippen LogP contribution is -2.38. The van der Waals surface area contributed by atoms with Crippen LogP contribution in [0.5, 0.6) is 0 Å². The van der Waals surface area contributed by atoms with E-state index >= 15 is 0 Å². The van der Waals surface area contributed by atoms with Crippen LogP contribution in [0.3, 0.4) is 0 Å². The van der Waals surface area contributed by atoms with E-state index in [-0.39, 0.29) is 18.0 Å². The fraction of sp³-hybridized carbons (Fsp3) is 0.417. The molecule has 3 atom stereocenters. The predicted molar refractivity (Wildman–Crippen MR) is 118 cm³/mol. The first-order chi connectivity index (χ1) is 14.7. The fourth-order valence-corrected chi connectivity index (χ4v) is 4.12. The number of ether oxygens (including phenoxy) is 2. The molecule has 31 heavy (non-hydrogen) atoms. The SMILES string of the molecule is COC[C@@](C)(N)c1cnc(C)c2cnc(Cc3ccc4c(n3)[C@@H](C)[C@H](C)OC4=O)cc12. The van der Waals surface area contributed by atoms with E-state index in [0.717, 1.165) is 39.1 Å². The molecule has 4 rings (SSSR count). The molecular formula is C24H28N4O3. The third-order valence-corrected chi connectivity index (χ3v) is 6.08. The lowest BCUT2D eigenvalue weighted by Gasteiger charge is -2.27. The number of esters is 1. The predicted octanol–water partition coefficient (Wildman–Crippen LogP) is 3.41. The molecule has 0 radical (unpaired) electrons. The zero-order valence-corrected chi connectivity index (χ0v) is 18.6. The maximum atomic E-state index is 12.2. The van der Waals surface area contributed by atoms with Gasteiger partial charge >= 0.3 is 5.97 Å². The van der Waals surface area contributed by atoms with Gasteiger partial charge in [-0.3, -0.25) is 15.0 Å². The van der Waals surface area contributed by atoms with Crippen molar-refractivity contribution in [2.75, 3.05) is 13.7 Å². The van der Waals surface area contributed by atoms with Crippen LogP contribution in [0, 0.1) is 6.92 Å². The summed E-state index contributed by atoms with van der Waals surface area (Å²) < 4.78 is 10.7. The van der Waals surface area contributed by atoms with Gasteiger partial charge in [-0.2, -0.15) is 0 Å². The Hall–Kier alpha value is -2.90. The maximum absolute atomic E-state index is 12.2. The lowest BCUT2D eigenvalue weighted by molar-refractivity contribution is 0.0234. The van der Waals surface area contributed by atoms with Crippen LogP contribution in [0.4, 0.5) is 0 Å². The first-order valence-corrected chi connectivity index (χ1v) is 10.4. The molecule has 0 bridgehead atoms. The number of rotatable bonds is 5. The van der Waals surface area contributed by atoms with Crippen LogP contribution in [-0.2, 0) is 21.4 Å². The van der Waals surface area contributed by atoms with E-state index in [1.54, 1.807) is 13.2 Å². The number of hydrogen-bond acceptors (Lipinski definition) is 7. The molecule has 1 aliphatic heterocycles. The molecule has 3 aromatic heterocycles. The van der Waals surface area contributed by atoms with Crippen LogP contribution in [0.25, 0.3) is 10.8 Å². The standard InChI is InChI=1S/C24H28N4O3/c1-13-15(3)31-23(29)18-7-6-16(28-22(13)18)8-17-9-19-20(10-27-17)14(2)26-11-21(19)24(4,25)12-30-5/h6-7,9-11,13,15H,8,12,25H2,1-5H3/t13-,15-,24+/m0/s1. The summed E-state index contributed by atoms with van der Waals surface area (Å²) in [5.74, 6) is -0.263. The monoisotopic (exact) mass is 420 g/mol. The number of nitrogens with zero attached hydrogens (tertiary/aromatic N) is 3. The number of fused-ring (bicyclic) bond motifs is 2. The molecule has 162 valence electrons. The molecule has 0 unspecified atom stereocenters. The quantitative estimate of drug-likeness (QED) is 0.631. The van der Waals surface area contributed by atoms with Crippen molar-refractivity contribution in [3.05, 3.63) is 64.5 Å². The molecule has 0 fully saturated rings. The van der Waals surface area contributed by atoms with Gasteiger partial charge in [0.05, 0.1) is 23.4 Å². The van der Waals surface area contributed by atoms with Crippen LogP contribution < -0.4 is 5.73 Å². The number of cyclic esters (lactones) is 1. The molecule has 0 spiro atoms. The minimum absolute atomic E-state index is 0.0459. The van der Waals surface area contributed by atoms with Crippen LogP contribution >= 0.6 is 0 Å². The maximum Gasteiger partial charge on any atom is 0.340 e. The van der Waals surface area contributed by atoms with Crippen molar-refractivity contribution < 1.29 is 14.3 Å². The molecule has 3 aromatic rings. The van der Waals surface area contributed by atoms with Gasteiger partial charge in [-0.05, 0) is 44.4 Å². The van der Waals surface area contributed by atoms with Gasteiger partial charge < -0.3 is 15.2 Å². The molecule has 7 nitrogen and oxygen atoms in total. The van der Waals surface area contributed by atoms with E-state index in [9.17, 15) is 4.79 Å². The van der Waals surface area contributed by atoms with Crippen molar-refractivity contribution in [3.63, 3.8) is 0 Å². The summed E-state index contributed by atoms with van der Waals surface area (Å²) in [6, 6.07) is 5.73. The Kier molecular flexibility index (Phi) is 5.49. The summed E-state index contributed by atoms with van der Waals surface area (Å²) in [5, 5.41) is 1.99. The van der Waals surface area contributed by atoms with Gasteiger partial charge in [0.25, 0.3) is 0 Å². The smallest absolute Gasteiger partial charge is 0.340 e. The Morgan fingerprint density at radius 2 is 1.94 bits per heavy atom. The van der Waals surface area contributed by atoms with Crippen LogP contribution in [0.15, 0.2) is 30.6 Å². The molecule has 1 aliphatic rings. The normalized spacial score (nSPS) is 20.3. The van der Waals surface area contributed by atoms with Gasteiger partial charge in [0, 0.05) is 59.9 Å². The molecule has 0 aliphatic carbocycles. The van der Waals surface area contributed by atoms with Crippen LogP contribution in [0.1, 0.15) is 65.4 Å². The second kappa shape index (κ2) is 7.98. The highest BCUT2D eigenvalue weighted by Gasteiger charge is 2.31. The van der Waals surface area contributed by atoms with Gasteiger partial charge in [0.1, 0.15) is 6.10 Å².